The molecule has 0 unspecified atom stereocenters. The van der Waals surface area contributed by atoms with Crippen molar-refractivity contribution in [2.75, 3.05) is 6.54 Å². The lowest BCUT2D eigenvalue weighted by Gasteiger charge is -2.26. The summed E-state index contributed by atoms with van der Waals surface area (Å²) in [5, 5.41) is 8.02. The number of carbonyl (C=O) groups excluding carboxylic acids is 1. The average Bonchev–Trinajstić information content (AvgIpc) is 3.15. The fourth-order valence-corrected chi connectivity index (χ4v) is 5.58. The summed E-state index contributed by atoms with van der Waals surface area (Å²) < 4.78 is 6.44. The molecule has 0 radical (unpaired) electrons. The lowest BCUT2D eigenvalue weighted by atomic mass is 9.90. The molecule has 0 saturated carbocycles. The largest absolute Gasteiger partial charge is 0.459 e. The molecule has 2 atom stereocenters. The molecule has 4 heteroatoms. The van der Waals surface area contributed by atoms with Crippen molar-refractivity contribution in [3.8, 4) is 11.1 Å². The van der Waals surface area contributed by atoms with Gasteiger partial charge in [-0.05, 0) is 79.5 Å². The van der Waals surface area contributed by atoms with Crippen LogP contribution < -0.4 is 10.6 Å². The Morgan fingerprint density at radius 3 is 2.68 bits per heavy atom. The molecule has 0 fully saturated rings. The topological polar surface area (TPSA) is 54.3 Å². The maximum absolute atomic E-state index is 12.3. The monoisotopic (exact) mass is 450 g/mol. The minimum Gasteiger partial charge on any atom is -0.459 e. The molecule has 1 amide bonds. The van der Waals surface area contributed by atoms with Crippen LogP contribution in [0.4, 0.5) is 0 Å². The zero-order valence-corrected chi connectivity index (χ0v) is 19.6. The van der Waals surface area contributed by atoms with Gasteiger partial charge in [-0.1, -0.05) is 48.5 Å². The third-order valence-electron chi connectivity index (χ3n) is 7.40. The van der Waals surface area contributed by atoms with Crippen LogP contribution in [0.1, 0.15) is 71.1 Å². The molecule has 1 aliphatic heterocycles. The fraction of sp³-hybridized carbons (Fsp3) is 0.300. The lowest BCUT2D eigenvalue weighted by molar-refractivity contribution is 0.0956. The van der Waals surface area contributed by atoms with Gasteiger partial charge in [0.25, 0.3) is 5.91 Å². The van der Waals surface area contributed by atoms with Crippen LogP contribution in [0.15, 0.2) is 71.1 Å². The van der Waals surface area contributed by atoms with E-state index in [9.17, 15) is 4.79 Å². The first kappa shape index (κ1) is 21.2. The minimum atomic E-state index is 0.0432. The Morgan fingerprint density at radius 1 is 0.971 bits per heavy atom. The van der Waals surface area contributed by atoms with Gasteiger partial charge in [0.15, 0.2) is 0 Å². The highest BCUT2D eigenvalue weighted by molar-refractivity contribution is 5.97. The van der Waals surface area contributed by atoms with E-state index in [0.29, 0.717) is 0 Å². The first-order chi connectivity index (χ1) is 16.7. The molecule has 172 valence electrons. The molecule has 4 nitrogen and oxygen atoms in total. The lowest BCUT2D eigenvalue weighted by Crippen LogP contribution is -2.27. The summed E-state index contributed by atoms with van der Waals surface area (Å²) >= 11 is 0. The number of amides is 1. The predicted molar refractivity (Wildman–Crippen MR) is 136 cm³/mol. The second-order valence-electron chi connectivity index (χ2n) is 9.63. The number of hydrogen-bond donors (Lipinski definition) is 2. The van der Waals surface area contributed by atoms with Crippen LogP contribution in [-0.2, 0) is 12.8 Å². The van der Waals surface area contributed by atoms with Crippen molar-refractivity contribution < 1.29 is 9.21 Å². The van der Waals surface area contributed by atoms with Gasteiger partial charge < -0.3 is 15.1 Å². The molecular weight excluding hydrogens is 420 g/mol. The molecule has 1 aromatic heterocycles. The number of furan rings is 1. The molecule has 2 N–H and O–H groups in total. The highest BCUT2D eigenvalue weighted by Gasteiger charge is 2.28. The van der Waals surface area contributed by atoms with Gasteiger partial charge in [-0.3, -0.25) is 4.79 Å². The van der Waals surface area contributed by atoms with Gasteiger partial charge in [0.05, 0.1) is 6.04 Å². The summed E-state index contributed by atoms with van der Waals surface area (Å²) in [6.45, 7) is 2.97. The van der Waals surface area contributed by atoms with Crippen LogP contribution in [0.2, 0.25) is 0 Å². The number of fused-ring (bicyclic) bond motifs is 4. The van der Waals surface area contributed by atoms with Gasteiger partial charge in [0.2, 0.25) is 0 Å². The Hall–Kier alpha value is -3.37. The molecule has 2 heterocycles. The Morgan fingerprint density at radius 2 is 1.79 bits per heavy atom. The number of carbonyl (C=O) groups is 1. The highest BCUT2D eigenvalue weighted by atomic mass is 16.3. The molecule has 0 saturated heterocycles. The normalized spacial score (nSPS) is 18.6. The third-order valence-corrected chi connectivity index (χ3v) is 7.40. The fourth-order valence-electron chi connectivity index (χ4n) is 5.58. The van der Waals surface area contributed by atoms with Crippen molar-refractivity contribution in [3.63, 3.8) is 0 Å². The zero-order valence-electron chi connectivity index (χ0n) is 19.6. The second kappa shape index (κ2) is 8.77. The van der Waals surface area contributed by atoms with Crippen molar-refractivity contribution >= 4 is 16.9 Å². The smallest absolute Gasteiger partial charge is 0.251 e. The summed E-state index contributed by atoms with van der Waals surface area (Å²) in [5.74, 6) is 1.14. The molecule has 4 aromatic rings. The standard InChI is InChI=1S/C30H30N2O2/c1-19(20-7-3-2-4-8-20)32-27-11-5-10-25-26-18-22(13-15-28(26)34-29(25)27)21-12-14-24-23(17-21)9-6-16-31-30(24)33/h2-4,7-8,12-15,17-19,27,32H,5-6,9-11,16H2,1H3,(H,31,33)/t19-,27-/m1/s1. The van der Waals surface area contributed by atoms with E-state index in [2.05, 4.69) is 78.2 Å². The van der Waals surface area contributed by atoms with E-state index in [1.165, 1.54) is 22.1 Å². The number of nitrogens with one attached hydrogen (secondary N) is 2. The van der Waals surface area contributed by atoms with E-state index in [-0.39, 0.29) is 18.0 Å². The van der Waals surface area contributed by atoms with Gasteiger partial charge >= 0.3 is 0 Å². The molecule has 34 heavy (non-hydrogen) atoms. The summed E-state index contributed by atoms with van der Waals surface area (Å²) in [5.41, 5.74) is 7.89. The van der Waals surface area contributed by atoms with Crippen molar-refractivity contribution in [1.29, 1.82) is 0 Å². The molecule has 2 aliphatic rings. The van der Waals surface area contributed by atoms with Crippen LogP contribution in [0, 0.1) is 0 Å². The van der Waals surface area contributed by atoms with Crippen molar-refractivity contribution in [1.82, 2.24) is 10.6 Å². The Bertz CT molecular complexity index is 1360. The first-order valence-corrected chi connectivity index (χ1v) is 12.5. The number of aryl methyl sites for hydroxylation is 2. The van der Waals surface area contributed by atoms with Gasteiger partial charge in [0, 0.05) is 29.1 Å². The molecular formula is C30H30N2O2. The molecule has 3 aromatic carbocycles. The van der Waals surface area contributed by atoms with E-state index in [4.69, 9.17) is 4.42 Å². The average molecular weight is 451 g/mol. The van der Waals surface area contributed by atoms with Gasteiger partial charge in [0.1, 0.15) is 11.3 Å². The molecule has 0 bridgehead atoms. The molecule has 1 aliphatic carbocycles. The quantitative estimate of drug-likeness (QED) is 0.373. The van der Waals surface area contributed by atoms with Gasteiger partial charge in [-0.15, -0.1) is 0 Å². The Balaban J connectivity index is 1.33. The Labute approximate surface area is 200 Å². The van der Waals surface area contributed by atoms with E-state index >= 15 is 0 Å². The van der Waals surface area contributed by atoms with Crippen LogP contribution in [-0.4, -0.2) is 12.5 Å². The maximum Gasteiger partial charge on any atom is 0.251 e. The van der Waals surface area contributed by atoms with Crippen molar-refractivity contribution in [2.45, 2.75) is 51.1 Å². The Kier molecular flexibility index (Phi) is 5.46. The molecule has 0 spiro atoms. The SMILES string of the molecule is C[C@@H](N[C@@H]1CCCc2c1oc1ccc(-c3ccc4c(c3)CCCNC4=O)cc21)c1ccccc1. The van der Waals surface area contributed by atoms with E-state index in [1.807, 2.05) is 6.07 Å². The number of hydrogen-bond acceptors (Lipinski definition) is 3. The number of rotatable bonds is 4. The summed E-state index contributed by atoms with van der Waals surface area (Å²) in [6, 6.07) is 23.9. The van der Waals surface area contributed by atoms with E-state index in [1.54, 1.807) is 0 Å². The van der Waals surface area contributed by atoms with Crippen LogP contribution in [0.25, 0.3) is 22.1 Å². The van der Waals surface area contributed by atoms with Gasteiger partial charge in [-0.25, -0.2) is 0 Å². The van der Waals surface area contributed by atoms with E-state index < -0.39 is 0 Å². The summed E-state index contributed by atoms with van der Waals surface area (Å²) in [6.07, 6.45) is 5.20. The first-order valence-electron chi connectivity index (χ1n) is 12.5. The predicted octanol–water partition coefficient (Wildman–Crippen LogP) is 6.50. The highest BCUT2D eigenvalue weighted by Crippen LogP contribution is 2.40. The molecule has 6 rings (SSSR count). The maximum atomic E-state index is 12.3. The third kappa shape index (κ3) is 3.82. The summed E-state index contributed by atoms with van der Waals surface area (Å²) in [7, 11) is 0. The van der Waals surface area contributed by atoms with Crippen LogP contribution in [0.5, 0.6) is 0 Å². The second-order valence-corrected chi connectivity index (χ2v) is 9.63. The van der Waals surface area contributed by atoms with E-state index in [0.717, 1.165) is 66.7 Å². The van der Waals surface area contributed by atoms with Gasteiger partial charge in [-0.2, -0.15) is 0 Å². The summed E-state index contributed by atoms with van der Waals surface area (Å²) in [4.78, 5) is 12.3. The van der Waals surface area contributed by atoms with Crippen LogP contribution in [0.3, 0.4) is 0 Å². The van der Waals surface area contributed by atoms with Crippen molar-refractivity contribution in [2.24, 2.45) is 0 Å². The zero-order chi connectivity index (χ0) is 23.1. The van der Waals surface area contributed by atoms with Crippen molar-refractivity contribution in [3.05, 3.63) is 94.7 Å². The minimum absolute atomic E-state index is 0.0432. The number of benzene rings is 3. The van der Waals surface area contributed by atoms with Crippen LogP contribution >= 0.6 is 0 Å².